The Hall–Kier alpha value is -4.49. The zero-order valence-electron chi connectivity index (χ0n) is 20.8. The molecule has 4 aromatic rings. The lowest BCUT2D eigenvalue weighted by atomic mass is 9.47. The van der Waals surface area contributed by atoms with Crippen LogP contribution in [0.1, 0.15) is 44.5 Å². The summed E-state index contributed by atoms with van der Waals surface area (Å²) < 4.78 is 5.43. The number of anilines is 1. The third-order valence-corrected chi connectivity index (χ3v) is 8.50. The van der Waals surface area contributed by atoms with Crippen molar-refractivity contribution >= 4 is 41.2 Å². The number of hydrogen-bond acceptors (Lipinski definition) is 5. The lowest BCUT2D eigenvalue weighted by molar-refractivity contribution is -0.122. The van der Waals surface area contributed by atoms with E-state index in [1.807, 2.05) is 48.5 Å². The summed E-state index contributed by atoms with van der Waals surface area (Å²) in [4.78, 5) is 42.4. The van der Waals surface area contributed by atoms with Gasteiger partial charge in [0.25, 0.3) is 0 Å². The number of para-hydroxylation sites is 1. The predicted octanol–water partition coefficient (Wildman–Crippen LogP) is 5.21. The average molecular weight is 536 g/mol. The average Bonchev–Trinajstić information content (AvgIpc) is 3.50. The third kappa shape index (κ3) is 3.17. The monoisotopic (exact) mass is 535 g/mol. The second-order valence-corrected chi connectivity index (χ2v) is 10.5. The molecule has 2 unspecified atom stereocenters. The van der Waals surface area contributed by atoms with Crippen LogP contribution in [-0.4, -0.2) is 23.9 Å². The van der Waals surface area contributed by atoms with E-state index in [0.717, 1.165) is 22.3 Å². The van der Waals surface area contributed by atoms with Crippen LogP contribution in [0.5, 0.6) is 0 Å². The Morgan fingerprint density at radius 2 is 1.56 bits per heavy atom. The molecular formula is C31H22ClN3O4. The number of hydrogen-bond donors (Lipinski definition) is 1. The molecule has 192 valence electrons. The zero-order chi connectivity index (χ0) is 26.9. The van der Waals surface area contributed by atoms with Crippen LogP contribution in [0.4, 0.5) is 5.69 Å². The number of hydrazone groups is 1. The van der Waals surface area contributed by atoms with E-state index in [9.17, 15) is 14.4 Å². The number of nitrogens with one attached hydrogen (secondary N) is 1. The van der Waals surface area contributed by atoms with Gasteiger partial charge in [-0.05, 0) is 53.4 Å². The van der Waals surface area contributed by atoms with Crippen molar-refractivity contribution in [1.82, 2.24) is 5.43 Å². The maximum atomic E-state index is 14.3. The van der Waals surface area contributed by atoms with Gasteiger partial charge in [-0.15, -0.1) is 0 Å². The van der Waals surface area contributed by atoms with Crippen molar-refractivity contribution in [1.29, 1.82) is 0 Å². The van der Waals surface area contributed by atoms with Gasteiger partial charge < -0.3 is 4.42 Å². The Labute approximate surface area is 229 Å². The Balaban J connectivity index is 1.42. The minimum Gasteiger partial charge on any atom is -0.456 e. The molecular weight excluding hydrogens is 514 g/mol. The molecule has 2 bridgehead atoms. The first-order valence-corrected chi connectivity index (χ1v) is 13.0. The highest BCUT2D eigenvalue weighted by Crippen LogP contribution is 2.63. The molecule has 3 aliphatic carbocycles. The van der Waals surface area contributed by atoms with E-state index in [1.54, 1.807) is 49.5 Å². The summed E-state index contributed by atoms with van der Waals surface area (Å²) in [5.74, 6) is -2.14. The second kappa shape index (κ2) is 8.51. The quantitative estimate of drug-likeness (QED) is 0.221. The van der Waals surface area contributed by atoms with Gasteiger partial charge in [0.2, 0.25) is 11.8 Å². The molecule has 3 amide bonds. The van der Waals surface area contributed by atoms with E-state index in [4.69, 9.17) is 16.0 Å². The Morgan fingerprint density at radius 3 is 2.21 bits per heavy atom. The maximum absolute atomic E-state index is 14.3. The van der Waals surface area contributed by atoms with Crippen LogP contribution in [0, 0.1) is 18.8 Å². The number of halogens is 1. The van der Waals surface area contributed by atoms with E-state index in [2.05, 4.69) is 10.5 Å². The molecule has 1 aromatic heterocycles. The van der Waals surface area contributed by atoms with E-state index in [-0.39, 0.29) is 23.5 Å². The van der Waals surface area contributed by atoms with E-state index in [1.165, 1.54) is 4.90 Å². The topological polar surface area (TPSA) is 92.0 Å². The summed E-state index contributed by atoms with van der Waals surface area (Å²) in [6.07, 6.45) is 1.62. The maximum Gasteiger partial charge on any atom is 0.307 e. The first-order valence-electron chi connectivity index (χ1n) is 12.7. The SMILES string of the molecule is Cc1ccc(C(=O)N/N=C/C23c4ccccc4C(c4ccccc42)C2C(=O)N(c4ccccc4Cl)C(=O)C23)o1. The minimum absolute atomic E-state index is 0.130. The second-order valence-electron chi connectivity index (χ2n) is 10.1. The van der Waals surface area contributed by atoms with Gasteiger partial charge in [-0.2, -0.15) is 5.10 Å². The number of aryl methyl sites for hydroxylation is 1. The number of amides is 3. The van der Waals surface area contributed by atoms with Crippen molar-refractivity contribution in [3.8, 4) is 0 Å². The normalized spacial score (nSPS) is 24.6. The van der Waals surface area contributed by atoms with Gasteiger partial charge in [0, 0.05) is 12.1 Å². The standard InChI is InChI=1S/C31H22ClN3O4/c1-17-14-15-24(39-17)28(36)34-33-16-31-20-10-4-2-8-18(20)25(19-9-3-5-11-21(19)31)26-27(31)30(38)35(29(26)37)23-13-7-6-12-22(23)32/h2-16,25-27H,1H3,(H,34,36)/b33-16+. The molecule has 0 radical (unpaired) electrons. The predicted molar refractivity (Wildman–Crippen MR) is 146 cm³/mol. The largest absolute Gasteiger partial charge is 0.456 e. The van der Waals surface area contributed by atoms with Crippen LogP contribution in [0.2, 0.25) is 5.02 Å². The van der Waals surface area contributed by atoms with Crippen LogP contribution >= 0.6 is 11.6 Å². The van der Waals surface area contributed by atoms with Crippen LogP contribution in [0.25, 0.3) is 0 Å². The molecule has 1 aliphatic heterocycles. The smallest absolute Gasteiger partial charge is 0.307 e. The minimum atomic E-state index is -1.10. The molecule has 1 N–H and O–H groups in total. The lowest BCUT2D eigenvalue weighted by Crippen LogP contribution is -2.54. The number of nitrogens with zero attached hydrogens (tertiary/aromatic N) is 2. The molecule has 39 heavy (non-hydrogen) atoms. The number of carbonyl (C=O) groups excluding carboxylic acids is 3. The molecule has 0 saturated carbocycles. The van der Waals surface area contributed by atoms with Crippen molar-refractivity contribution in [2.45, 2.75) is 18.3 Å². The highest BCUT2D eigenvalue weighted by molar-refractivity contribution is 6.36. The number of imide groups is 1. The van der Waals surface area contributed by atoms with Crippen molar-refractivity contribution in [3.63, 3.8) is 0 Å². The highest BCUT2D eigenvalue weighted by Gasteiger charge is 2.68. The molecule has 1 fully saturated rings. The van der Waals surface area contributed by atoms with Gasteiger partial charge in [0.05, 0.1) is 28.0 Å². The fourth-order valence-electron chi connectivity index (χ4n) is 6.72. The molecule has 8 heteroatoms. The number of benzene rings is 3. The fourth-order valence-corrected chi connectivity index (χ4v) is 6.94. The summed E-state index contributed by atoms with van der Waals surface area (Å²) in [7, 11) is 0. The Kier molecular flexibility index (Phi) is 5.15. The zero-order valence-corrected chi connectivity index (χ0v) is 21.6. The molecule has 2 atom stereocenters. The van der Waals surface area contributed by atoms with Gasteiger partial charge in [0.1, 0.15) is 5.76 Å². The first-order chi connectivity index (χ1) is 18.9. The third-order valence-electron chi connectivity index (χ3n) is 8.18. The molecule has 1 saturated heterocycles. The van der Waals surface area contributed by atoms with Crippen LogP contribution in [0.3, 0.4) is 0 Å². The van der Waals surface area contributed by atoms with E-state index >= 15 is 0 Å². The van der Waals surface area contributed by atoms with Crippen molar-refractivity contribution < 1.29 is 18.8 Å². The van der Waals surface area contributed by atoms with Crippen molar-refractivity contribution in [2.24, 2.45) is 16.9 Å². The Bertz CT molecular complexity index is 1680. The highest BCUT2D eigenvalue weighted by atomic mass is 35.5. The van der Waals surface area contributed by atoms with Crippen LogP contribution in [-0.2, 0) is 15.0 Å². The molecule has 0 spiro atoms. The molecule has 3 aromatic carbocycles. The van der Waals surface area contributed by atoms with Gasteiger partial charge in [-0.1, -0.05) is 72.3 Å². The fraction of sp³-hybridized carbons (Fsp3) is 0.161. The molecule has 2 heterocycles. The lowest BCUT2D eigenvalue weighted by Gasteiger charge is -2.52. The van der Waals surface area contributed by atoms with Gasteiger partial charge in [-0.3, -0.25) is 14.4 Å². The van der Waals surface area contributed by atoms with Gasteiger partial charge in [-0.25, -0.2) is 10.3 Å². The van der Waals surface area contributed by atoms with Gasteiger partial charge >= 0.3 is 5.91 Å². The summed E-state index contributed by atoms with van der Waals surface area (Å²) in [5.41, 5.74) is 5.56. The molecule has 4 aliphatic rings. The van der Waals surface area contributed by atoms with Crippen molar-refractivity contribution in [3.05, 3.63) is 124 Å². The molecule has 8 rings (SSSR count). The number of furan rings is 1. The van der Waals surface area contributed by atoms with E-state index in [0.29, 0.717) is 16.5 Å². The van der Waals surface area contributed by atoms with E-state index < -0.39 is 23.2 Å². The summed E-state index contributed by atoms with van der Waals surface area (Å²) >= 11 is 6.48. The summed E-state index contributed by atoms with van der Waals surface area (Å²) in [5, 5.41) is 4.71. The number of carbonyl (C=O) groups is 3. The van der Waals surface area contributed by atoms with Gasteiger partial charge in [0.15, 0.2) is 5.76 Å². The Morgan fingerprint density at radius 1 is 0.923 bits per heavy atom. The van der Waals surface area contributed by atoms with Crippen LogP contribution < -0.4 is 10.3 Å². The summed E-state index contributed by atoms with van der Waals surface area (Å²) in [6, 6.07) is 25.8. The van der Waals surface area contributed by atoms with Crippen molar-refractivity contribution in [2.75, 3.05) is 4.90 Å². The molecule has 7 nitrogen and oxygen atoms in total. The first kappa shape index (κ1) is 23.6. The number of rotatable bonds is 4. The summed E-state index contributed by atoms with van der Waals surface area (Å²) in [6.45, 7) is 1.75. The van der Waals surface area contributed by atoms with Crippen LogP contribution in [0.15, 0.2) is 94.4 Å².